The second kappa shape index (κ2) is 5.14. The first kappa shape index (κ1) is 12.5. The van der Waals surface area contributed by atoms with Gasteiger partial charge in [-0.1, -0.05) is 0 Å². The summed E-state index contributed by atoms with van der Waals surface area (Å²) >= 11 is 1.55. The maximum absolute atomic E-state index is 11.7. The number of amides is 1. The van der Waals surface area contributed by atoms with Crippen LogP contribution in [0.1, 0.15) is 22.0 Å². The largest absolute Gasteiger partial charge is 0.305 e. The monoisotopic (exact) mass is 262 g/mol. The zero-order valence-electron chi connectivity index (χ0n) is 10.4. The molecule has 5 nitrogen and oxygen atoms in total. The Morgan fingerprint density at radius 3 is 2.78 bits per heavy atom. The van der Waals surface area contributed by atoms with E-state index in [9.17, 15) is 4.79 Å². The van der Waals surface area contributed by atoms with Crippen LogP contribution in [-0.2, 0) is 4.79 Å². The van der Waals surface area contributed by atoms with Crippen LogP contribution in [0.4, 0.5) is 5.82 Å². The SMILES string of the molecule is Cc1nc(/C=C/C(=O)Nc2n[nH]c(C)c2C)cs1. The average molecular weight is 262 g/mol. The van der Waals surface area contributed by atoms with Crippen molar-refractivity contribution in [1.29, 1.82) is 0 Å². The van der Waals surface area contributed by atoms with Gasteiger partial charge in [0.1, 0.15) is 0 Å². The molecule has 6 heteroatoms. The van der Waals surface area contributed by atoms with Crippen LogP contribution in [0, 0.1) is 20.8 Å². The first-order valence-corrected chi connectivity index (χ1v) is 6.37. The van der Waals surface area contributed by atoms with Gasteiger partial charge in [-0.15, -0.1) is 11.3 Å². The van der Waals surface area contributed by atoms with Gasteiger partial charge in [-0.2, -0.15) is 5.10 Å². The van der Waals surface area contributed by atoms with Gasteiger partial charge in [0, 0.05) is 22.7 Å². The fourth-order valence-electron chi connectivity index (χ4n) is 1.38. The van der Waals surface area contributed by atoms with Gasteiger partial charge in [0.25, 0.3) is 0 Å². The first-order chi connectivity index (χ1) is 8.56. The summed E-state index contributed by atoms with van der Waals surface area (Å²) in [6.45, 7) is 5.74. The number of aromatic amines is 1. The molecule has 1 amide bonds. The third-order valence-corrected chi connectivity index (χ3v) is 3.33. The molecule has 0 bridgehead atoms. The Kier molecular flexibility index (Phi) is 3.57. The van der Waals surface area contributed by atoms with Crippen LogP contribution in [0.25, 0.3) is 6.08 Å². The Hall–Kier alpha value is -1.95. The van der Waals surface area contributed by atoms with Crippen LogP contribution >= 0.6 is 11.3 Å². The smallest absolute Gasteiger partial charge is 0.249 e. The van der Waals surface area contributed by atoms with Crippen molar-refractivity contribution in [3.05, 3.63) is 33.4 Å². The minimum absolute atomic E-state index is 0.213. The lowest BCUT2D eigenvalue weighted by Gasteiger charge is -1.98. The molecule has 0 aliphatic carbocycles. The van der Waals surface area contributed by atoms with Crippen LogP contribution in [-0.4, -0.2) is 21.1 Å². The van der Waals surface area contributed by atoms with Gasteiger partial charge in [-0.25, -0.2) is 4.98 Å². The first-order valence-electron chi connectivity index (χ1n) is 5.49. The number of carbonyl (C=O) groups excluding carboxylic acids is 1. The quantitative estimate of drug-likeness (QED) is 0.835. The van der Waals surface area contributed by atoms with E-state index in [2.05, 4.69) is 20.5 Å². The number of aryl methyl sites for hydroxylation is 2. The van der Waals surface area contributed by atoms with Crippen LogP contribution in [0.5, 0.6) is 0 Å². The molecule has 0 aromatic carbocycles. The number of nitrogens with one attached hydrogen (secondary N) is 2. The normalized spacial score (nSPS) is 11.1. The van der Waals surface area contributed by atoms with Gasteiger partial charge in [0.05, 0.1) is 10.7 Å². The summed E-state index contributed by atoms with van der Waals surface area (Å²) in [6.07, 6.45) is 3.14. The van der Waals surface area contributed by atoms with Gasteiger partial charge in [-0.3, -0.25) is 9.89 Å². The number of carbonyl (C=O) groups is 1. The number of nitrogens with zero attached hydrogens (tertiary/aromatic N) is 2. The average Bonchev–Trinajstić information content (AvgIpc) is 2.88. The molecule has 2 aromatic rings. The summed E-state index contributed by atoms with van der Waals surface area (Å²) in [7, 11) is 0. The molecular formula is C12H14N4OS. The van der Waals surface area contributed by atoms with E-state index in [-0.39, 0.29) is 5.91 Å². The maximum atomic E-state index is 11.7. The maximum Gasteiger partial charge on any atom is 0.249 e. The lowest BCUT2D eigenvalue weighted by molar-refractivity contribution is -0.111. The van der Waals surface area contributed by atoms with Crippen LogP contribution < -0.4 is 5.32 Å². The molecule has 0 fully saturated rings. The van der Waals surface area contributed by atoms with Crippen molar-refractivity contribution < 1.29 is 4.79 Å². The predicted octanol–water partition coefficient (Wildman–Crippen LogP) is 2.44. The number of anilines is 1. The third-order valence-electron chi connectivity index (χ3n) is 2.54. The van der Waals surface area contributed by atoms with E-state index in [4.69, 9.17) is 0 Å². The highest BCUT2D eigenvalue weighted by molar-refractivity contribution is 7.09. The number of hydrogen-bond acceptors (Lipinski definition) is 4. The summed E-state index contributed by atoms with van der Waals surface area (Å²) < 4.78 is 0. The van der Waals surface area contributed by atoms with Gasteiger partial charge < -0.3 is 5.32 Å². The zero-order valence-corrected chi connectivity index (χ0v) is 11.3. The molecule has 0 saturated heterocycles. The highest BCUT2D eigenvalue weighted by atomic mass is 32.1. The molecule has 18 heavy (non-hydrogen) atoms. The summed E-state index contributed by atoms with van der Waals surface area (Å²) in [4.78, 5) is 15.9. The summed E-state index contributed by atoms with van der Waals surface area (Å²) in [5.74, 6) is 0.354. The second-order valence-electron chi connectivity index (χ2n) is 3.94. The van der Waals surface area contributed by atoms with E-state index in [0.29, 0.717) is 5.82 Å². The molecule has 2 heterocycles. The predicted molar refractivity (Wildman–Crippen MR) is 72.6 cm³/mol. The van der Waals surface area contributed by atoms with E-state index >= 15 is 0 Å². The lowest BCUT2D eigenvalue weighted by Crippen LogP contribution is -2.09. The highest BCUT2D eigenvalue weighted by Crippen LogP contribution is 2.14. The molecule has 2 aromatic heterocycles. The summed E-state index contributed by atoms with van der Waals surface area (Å²) in [5, 5.41) is 12.4. The fraction of sp³-hybridized carbons (Fsp3) is 0.250. The van der Waals surface area contributed by atoms with E-state index in [0.717, 1.165) is 22.0 Å². The van der Waals surface area contributed by atoms with Gasteiger partial charge in [-0.05, 0) is 26.8 Å². The van der Waals surface area contributed by atoms with Crippen molar-refractivity contribution in [1.82, 2.24) is 15.2 Å². The number of aromatic nitrogens is 3. The van der Waals surface area contributed by atoms with Crippen LogP contribution in [0.3, 0.4) is 0 Å². The van der Waals surface area contributed by atoms with Crippen molar-refractivity contribution >= 4 is 29.1 Å². The van der Waals surface area contributed by atoms with E-state index in [1.807, 2.05) is 26.2 Å². The lowest BCUT2D eigenvalue weighted by atomic mass is 10.3. The molecule has 0 saturated carbocycles. The van der Waals surface area contributed by atoms with Crippen LogP contribution in [0.15, 0.2) is 11.5 Å². The number of hydrogen-bond donors (Lipinski definition) is 2. The third kappa shape index (κ3) is 2.84. The highest BCUT2D eigenvalue weighted by Gasteiger charge is 2.07. The van der Waals surface area contributed by atoms with Crippen molar-refractivity contribution in [2.45, 2.75) is 20.8 Å². The molecule has 0 aliphatic rings. The minimum Gasteiger partial charge on any atom is -0.305 e. The summed E-state index contributed by atoms with van der Waals surface area (Å²) in [6, 6.07) is 0. The van der Waals surface area contributed by atoms with Crippen molar-refractivity contribution in [2.75, 3.05) is 5.32 Å². The number of rotatable bonds is 3. The topological polar surface area (TPSA) is 70.7 Å². The molecule has 2 N–H and O–H groups in total. The Morgan fingerprint density at radius 1 is 1.44 bits per heavy atom. The molecule has 0 unspecified atom stereocenters. The second-order valence-corrected chi connectivity index (χ2v) is 5.00. The Bertz CT molecular complexity index is 597. The molecule has 0 radical (unpaired) electrons. The number of H-pyrrole nitrogens is 1. The van der Waals surface area contributed by atoms with Crippen molar-refractivity contribution in [2.24, 2.45) is 0 Å². The molecule has 94 valence electrons. The Balaban J connectivity index is 2.01. The van der Waals surface area contributed by atoms with Gasteiger partial charge >= 0.3 is 0 Å². The fourth-order valence-corrected chi connectivity index (χ4v) is 1.96. The van der Waals surface area contributed by atoms with Crippen molar-refractivity contribution in [3.63, 3.8) is 0 Å². The molecule has 0 spiro atoms. The van der Waals surface area contributed by atoms with Crippen LogP contribution in [0.2, 0.25) is 0 Å². The number of thiazole rings is 1. The molecule has 2 rings (SSSR count). The van der Waals surface area contributed by atoms with Gasteiger partial charge in [0.2, 0.25) is 5.91 Å². The molecule has 0 aliphatic heterocycles. The van der Waals surface area contributed by atoms with Crippen molar-refractivity contribution in [3.8, 4) is 0 Å². The molecular weight excluding hydrogens is 248 g/mol. The van der Waals surface area contributed by atoms with E-state index in [1.165, 1.54) is 6.08 Å². The van der Waals surface area contributed by atoms with E-state index in [1.54, 1.807) is 17.4 Å². The zero-order chi connectivity index (χ0) is 13.1. The standard InChI is InChI=1S/C12H14N4OS/c1-7-8(2)15-16-12(7)14-11(17)5-4-10-6-18-9(3)13-10/h4-6H,1-3H3,(H2,14,15,16,17)/b5-4+. The molecule has 0 atom stereocenters. The Labute approximate surface area is 109 Å². The summed E-state index contributed by atoms with van der Waals surface area (Å²) in [5.41, 5.74) is 2.69. The van der Waals surface area contributed by atoms with E-state index < -0.39 is 0 Å². The Morgan fingerprint density at radius 2 is 2.22 bits per heavy atom. The van der Waals surface area contributed by atoms with Gasteiger partial charge in [0.15, 0.2) is 5.82 Å². The minimum atomic E-state index is -0.213.